The number of carbonyl (C=O) groups is 2. The van der Waals surface area contributed by atoms with Crippen molar-refractivity contribution in [3.63, 3.8) is 0 Å². The topological polar surface area (TPSA) is 93.4 Å². The Bertz CT molecular complexity index is 1350. The molecule has 0 bridgehead atoms. The van der Waals surface area contributed by atoms with Crippen LogP contribution in [0.25, 0.3) is 10.2 Å². The van der Waals surface area contributed by atoms with E-state index in [0.717, 1.165) is 37.4 Å². The van der Waals surface area contributed by atoms with E-state index in [4.69, 9.17) is 0 Å². The number of aromatic amines is 1. The standard InChI is InChI=1S/C25H25FN6O2S.2ClH/c1-31-10-12-32(13-11-31)19-8-4-17(5-9-19)24(33)28-23-22-20(29-30-23)14-21(35-22)25(34)27-15-16-2-6-18(26)7-3-16;;/h2-9,14H,10-13,15H2,1H3,(H,27,34)(H2,28,29,30,33);2*1H. The van der Waals surface area contributed by atoms with Gasteiger partial charge < -0.3 is 20.4 Å². The van der Waals surface area contributed by atoms with E-state index in [-0.39, 0.29) is 49.0 Å². The third kappa shape index (κ3) is 6.58. The average Bonchev–Trinajstić information content (AvgIpc) is 3.46. The molecule has 2 amide bonds. The number of benzene rings is 2. The molecule has 0 spiro atoms. The molecule has 0 radical (unpaired) electrons. The van der Waals surface area contributed by atoms with Gasteiger partial charge >= 0.3 is 0 Å². The van der Waals surface area contributed by atoms with Crippen LogP contribution in [0.4, 0.5) is 15.9 Å². The van der Waals surface area contributed by atoms with E-state index in [2.05, 4.69) is 37.7 Å². The van der Waals surface area contributed by atoms with Gasteiger partial charge in [-0.1, -0.05) is 12.1 Å². The number of nitrogens with one attached hydrogen (secondary N) is 3. The smallest absolute Gasteiger partial charge is 0.261 e. The van der Waals surface area contributed by atoms with Crippen LogP contribution in [-0.4, -0.2) is 60.1 Å². The quantitative estimate of drug-likeness (QED) is 0.319. The minimum Gasteiger partial charge on any atom is -0.369 e. The molecule has 3 N–H and O–H groups in total. The number of halogens is 3. The van der Waals surface area contributed by atoms with Crippen molar-refractivity contribution in [2.45, 2.75) is 6.54 Å². The molecule has 2 aromatic heterocycles. The number of H-pyrrole nitrogens is 1. The van der Waals surface area contributed by atoms with Gasteiger partial charge in [0, 0.05) is 44.0 Å². The van der Waals surface area contributed by atoms with Gasteiger partial charge in [0.15, 0.2) is 5.82 Å². The Hall–Kier alpha value is -3.18. The van der Waals surface area contributed by atoms with Crippen molar-refractivity contribution in [2.75, 3.05) is 43.4 Å². The highest BCUT2D eigenvalue weighted by Gasteiger charge is 2.18. The number of aromatic nitrogens is 2. The number of anilines is 2. The van der Waals surface area contributed by atoms with Crippen molar-refractivity contribution in [3.05, 3.63) is 76.4 Å². The second-order valence-electron chi connectivity index (χ2n) is 8.53. The monoisotopic (exact) mass is 564 g/mol. The van der Waals surface area contributed by atoms with Gasteiger partial charge in [-0.05, 0) is 55.1 Å². The number of likely N-dealkylation sites (N-methyl/N-ethyl adjacent to an activating group) is 1. The summed E-state index contributed by atoms with van der Waals surface area (Å²) >= 11 is 1.24. The van der Waals surface area contributed by atoms with Crippen LogP contribution in [0.15, 0.2) is 54.6 Å². The molecule has 4 aromatic rings. The van der Waals surface area contributed by atoms with Gasteiger partial charge in [0.05, 0.1) is 15.1 Å². The van der Waals surface area contributed by atoms with Crippen LogP contribution in [0, 0.1) is 5.82 Å². The summed E-state index contributed by atoms with van der Waals surface area (Å²) in [7, 11) is 2.12. The van der Waals surface area contributed by atoms with Crippen molar-refractivity contribution >= 4 is 69.7 Å². The number of amides is 2. The Morgan fingerprint density at radius 2 is 1.68 bits per heavy atom. The van der Waals surface area contributed by atoms with Crippen molar-refractivity contribution in [2.24, 2.45) is 0 Å². The SMILES string of the molecule is CN1CCN(c2ccc(C(=O)Nc3n[nH]c4cc(C(=O)NCc5ccc(F)cc5)sc34)cc2)CC1.Cl.Cl. The Morgan fingerprint density at radius 3 is 2.35 bits per heavy atom. The molecule has 8 nitrogen and oxygen atoms in total. The highest BCUT2D eigenvalue weighted by atomic mass is 35.5. The van der Waals surface area contributed by atoms with Crippen LogP contribution in [0.3, 0.4) is 0 Å². The predicted molar refractivity (Wildman–Crippen MR) is 150 cm³/mol. The molecule has 5 rings (SSSR count). The maximum atomic E-state index is 13.0. The van der Waals surface area contributed by atoms with Crippen LogP contribution >= 0.6 is 36.2 Å². The molecule has 2 aromatic carbocycles. The van der Waals surface area contributed by atoms with Crippen molar-refractivity contribution in [1.29, 1.82) is 0 Å². The molecule has 1 aliphatic rings. The largest absolute Gasteiger partial charge is 0.369 e. The zero-order valence-electron chi connectivity index (χ0n) is 20.0. The maximum absolute atomic E-state index is 13.0. The van der Waals surface area contributed by atoms with Gasteiger partial charge in [0.1, 0.15) is 5.82 Å². The van der Waals surface area contributed by atoms with Gasteiger partial charge in [-0.25, -0.2) is 4.39 Å². The van der Waals surface area contributed by atoms with Crippen LogP contribution < -0.4 is 15.5 Å². The molecule has 12 heteroatoms. The molecular formula is C25H27Cl2FN6O2S. The summed E-state index contributed by atoms with van der Waals surface area (Å²) in [6.07, 6.45) is 0. The van der Waals surface area contributed by atoms with Crippen LogP contribution in [-0.2, 0) is 6.54 Å². The molecule has 0 saturated carbocycles. The minimum atomic E-state index is -0.319. The van der Waals surface area contributed by atoms with E-state index in [1.54, 1.807) is 18.2 Å². The Morgan fingerprint density at radius 1 is 1.00 bits per heavy atom. The third-order valence-corrected chi connectivity index (χ3v) is 7.20. The van der Waals surface area contributed by atoms with E-state index in [0.29, 0.717) is 26.5 Å². The second-order valence-corrected chi connectivity index (χ2v) is 9.58. The zero-order valence-corrected chi connectivity index (χ0v) is 22.4. The molecule has 1 saturated heterocycles. The Kier molecular flexibility index (Phi) is 9.50. The van der Waals surface area contributed by atoms with E-state index in [9.17, 15) is 14.0 Å². The number of hydrogen-bond acceptors (Lipinski definition) is 6. The fourth-order valence-electron chi connectivity index (χ4n) is 3.95. The molecule has 0 unspecified atom stereocenters. The van der Waals surface area contributed by atoms with E-state index in [1.165, 1.54) is 23.5 Å². The number of fused-ring (bicyclic) bond motifs is 1. The van der Waals surface area contributed by atoms with E-state index in [1.807, 2.05) is 24.3 Å². The Balaban J connectivity index is 0.00000190. The van der Waals surface area contributed by atoms with Crippen molar-refractivity contribution < 1.29 is 14.0 Å². The van der Waals surface area contributed by atoms with Gasteiger partial charge in [-0.3, -0.25) is 14.7 Å². The van der Waals surface area contributed by atoms with Crippen LogP contribution in [0.5, 0.6) is 0 Å². The minimum absolute atomic E-state index is 0. The zero-order chi connectivity index (χ0) is 24.4. The average molecular weight is 566 g/mol. The summed E-state index contributed by atoms with van der Waals surface area (Å²) in [5.74, 6) is -0.448. The number of piperazine rings is 1. The summed E-state index contributed by atoms with van der Waals surface area (Å²) in [6.45, 7) is 4.25. The summed E-state index contributed by atoms with van der Waals surface area (Å²) in [5.41, 5.74) is 3.11. The third-order valence-electron chi connectivity index (χ3n) is 6.06. The molecular weight excluding hydrogens is 538 g/mol. The van der Waals surface area contributed by atoms with Gasteiger partial charge in [0.25, 0.3) is 11.8 Å². The normalized spacial score (nSPS) is 13.5. The first-order chi connectivity index (χ1) is 17.0. The summed E-state index contributed by atoms with van der Waals surface area (Å²) in [5, 5.41) is 12.7. The predicted octanol–water partition coefficient (Wildman–Crippen LogP) is 4.54. The van der Waals surface area contributed by atoms with Crippen molar-refractivity contribution in [1.82, 2.24) is 20.4 Å². The summed E-state index contributed by atoms with van der Waals surface area (Å²) in [6, 6.07) is 15.2. The Labute approximate surface area is 230 Å². The van der Waals surface area contributed by atoms with Gasteiger partial charge in [-0.2, -0.15) is 5.10 Å². The number of thiophene rings is 1. The first-order valence-corrected chi connectivity index (χ1v) is 12.1. The summed E-state index contributed by atoms with van der Waals surface area (Å²) < 4.78 is 13.7. The molecule has 1 aliphatic heterocycles. The highest BCUT2D eigenvalue weighted by Crippen LogP contribution is 2.30. The fourth-order valence-corrected chi connectivity index (χ4v) is 4.92. The van der Waals surface area contributed by atoms with Gasteiger partial charge in [0.2, 0.25) is 0 Å². The molecule has 1 fully saturated rings. The molecule has 196 valence electrons. The second kappa shape index (κ2) is 12.4. The lowest BCUT2D eigenvalue weighted by Gasteiger charge is -2.34. The number of carbonyl (C=O) groups excluding carboxylic acids is 2. The fraction of sp³-hybridized carbons (Fsp3) is 0.240. The first-order valence-electron chi connectivity index (χ1n) is 11.3. The number of rotatable bonds is 6. The number of nitrogens with zero attached hydrogens (tertiary/aromatic N) is 3. The van der Waals surface area contributed by atoms with Crippen LogP contribution in [0.2, 0.25) is 0 Å². The lowest BCUT2D eigenvalue weighted by molar-refractivity contribution is 0.0954. The summed E-state index contributed by atoms with van der Waals surface area (Å²) in [4.78, 5) is 30.5. The van der Waals surface area contributed by atoms with E-state index >= 15 is 0 Å². The molecule has 3 heterocycles. The highest BCUT2D eigenvalue weighted by molar-refractivity contribution is 7.21. The molecule has 0 aliphatic carbocycles. The molecule has 37 heavy (non-hydrogen) atoms. The van der Waals surface area contributed by atoms with Gasteiger partial charge in [-0.15, -0.1) is 36.2 Å². The van der Waals surface area contributed by atoms with Crippen molar-refractivity contribution in [3.8, 4) is 0 Å². The molecule has 0 atom stereocenters. The van der Waals surface area contributed by atoms with Crippen LogP contribution in [0.1, 0.15) is 25.6 Å². The maximum Gasteiger partial charge on any atom is 0.261 e. The lowest BCUT2D eigenvalue weighted by atomic mass is 10.1. The lowest BCUT2D eigenvalue weighted by Crippen LogP contribution is -2.44. The first kappa shape index (κ1) is 28.4. The number of hydrogen-bond donors (Lipinski definition) is 3. The van der Waals surface area contributed by atoms with E-state index < -0.39 is 0 Å².